The number of carbonyl (C=O) groups excluding carboxylic acids is 1. The Kier molecular flexibility index (Phi) is 4.62. The maximum Gasteiger partial charge on any atom is 0.222 e. The number of aromatic nitrogens is 2. The lowest BCUT2D eigenvalue weighted by Gasteiger charge is -2.39. The average molecular weight is 292 g/mol. The van der Waals surface area contributed by atoms with E-state index in [4.69, 9.17) is 11.6 Å². The van der Waals surface area contributed by atoms with Gasteiger partial charge in [0.1, 0.15) is 18.0 Å². The number of hydrogen-bond donors (Lipinski definition) is 3. The second-order valence-electron chi connectivity index (χ2n) is 5.94. The van der Waals surface area contributed by atoms with Crippen molar-refractivity contribution >= 4 is 17.5 Å². The summed E-state index contributed by atoms with van der Waals surface area (Å²) in [5.41, 5.74) is 9.08. The molecule has 21 heavy (non-hydrogen) atoms. The van der Waals surface area contributed by atoms with Crippen LogP contribution in [0.15, 0.2) is 6.33 Å². The predicted octanol–water partition coefficient (Wildman–Crippen LogP) is 0.976. The first-order valence-electron chi connectivity index (χ1n) is 7.33. The molecule has 2 rings (SSSR count). The van der Waals surface area contributed by atoms with E-state index in [1.54, 1.807) is 0 Å². The Morgan fingerprint density at radius 1 is 1.43 bits per heavy atom. The molecule has 7 nitrogen and oxygen atoms in total. The van der Waals surface area contributed by atoms with Crippen molar-refractivity contribution in [3.05, 3.63) is 11.9 Å². The summed E-state index contributed by atoms with van der Waals surface area (Å²) < 4.78 is 0. The van der Waals surface area contributed by atoms with Crippen LogP contribution in [0.1, 0.15) is 45.1 Å². The third kappa shape index (κ3) is 3.07. The maximum atomic E-state index is 11.5. The third-order valence-corrected chi connectivity index (χ3v) is 4.13. The lowest BCUT2D eigenvalue weighted by atomic mass is 9.92. The minimum absolute atomic E-state index is 0.134. The van der Waals surface area contributed by atoms with Gasteiger partial charge in [-0.3, -0.25) is 4.79 Å². The smallest absolute Gasteiger partial charge is 0.222 e. The van der Waals surface area contributed by atoms with E-state index >= 15 is 0 Å². The lowest BCUT2D eigenvalue weighted by molar-refractivity contribution is -0.122. The number of carbonyl (C=O) groups is 1. The number of nitrogen functional groups attached to an aromatic ring is 1. The minimum Gasteiger partial charge on any atom is -0.369 e. The molecule has 1 aliphatic heterocycles. The number of nitrogens with two attached hydrogens (primary N) is 2. The molecule has 2 heterocycles. The summed E-state index contributed by atoms with van der Waals surface area (Å²) in [5.74, 6) is 6.87. The molecule has 1 amide bonds. The number of amides is 1. The zero-order valence-corrected chi connectivity index (χ0v) is 12.8. The van der Waals surface area contributed by atoms with E-state index in [2.05, 4.69) is 41.1 Å². The fourth-order valence-corrected chi connectivity index (χ4v) is 2.90. The van der Waals surface area contributed by atoms with E-state index in [-0.39, 0.29) is 17.7 Å². The lowest BCUT2D eigenvalue weighted by Crippen LogP contribution is -2.46. The quantitative estimate of drug-likeness (QED) is 0.563. The monoisotopic (exact) mass is 292 g/mol. The maximum absolute atomic E-state index is 11.5. The molecule has 2 atom stereocenters. The van der Waals surface area contributed by atoms with Crippen LogP contribution in [-0.4, -0.2) is 28.5 Å². The van der Waals surface area contributed by atoms with E-state index in [1.807, 2.05) is 0 Å². The van der Waals surface area contributed by atoms with Gasteiger partial charge in [-0.15, -0.1) is 0 Å². The van der Waals surface area contributed by atoms with Crippen LogP contribution in [0.4, 0.5) is 11.6 Å². The second-order valence-corrected chi connectivity index (χ2v) is 5.94. The number of nitrogens with one attached hydrogen (secondary N) is 1. The number of nitrogens with zero attached hydrogens (tertiary/aromatic N) is 3. The Bertz CT molecular complexity index is 518. The van der Waals surface area contributed by atoms with Gasteiger partial charge in [0.25, 0.3) is 0 Å². The van der Waals surface area contributed by atoms with Crippen molar-refractivity contribution in [2.75, 3.05) is 16.9 Å². The Balaban J connectivity index is 2.41. The second kappa shape index (κ2) is 6.26. The van der Waals surface area contributed by atoms with Crippen molar-refractivity contribution in [3.8, 4) is 0 Å². The van der Waals surface area contributed by atoms with Crippen molar-refractivity contribution in [1.29, 1.82) is 0 Å². The van der Waals surface area contributed by atoms with Gasteiger partial charge < -0.3 is 16.1 Å². The molecule has 0 aliphatic carbocycles. The molecule has 1 aromatic rings. The number of piperidine rings is 1. The summed E-state index contributed by atoms with van der Waals surface area (Å²) in [6, 6.07) is 0.304. The highest BCUT2D eigenvalue weighted by Crippen LogP contribution is 2.34. The number of primary amides is 1. The Morgan fingerprint density at radius 3 is 2.71 bits per heavy atom. The fraction of sp³-hybridized carbons (Fsp3) is 0.643. The summed E-state index contributed by atoms with van der Waals surface area (Å²) in [6.45, 7) is 6.88. The van der Waals surface area contributed by atoms with Crippen LogP contribution >= 0.6 is 0 Å². The van der Waals surface area contributed by atoms with Crippen molar-refractivity contribution in [2.45, 2.75) is 45.6 Å². The van der Waals surface area contributed by atoms with Gasteiger partial charge in [0, 0.05) is 18.2 Å². The Hall–Kier alpha value is -1.89. The van der Waals surface area contributed by atoms with Crippen molar-refractivity contribution in [2.24, 2.45) is 17.5 Å². The molecule has 1 fully saturated rings. The van der Waals surface area contributed by atoms with Gasteiger partial charge in [-0.1, -0.05) is 13.8 Å². The van der Waals surface area contributed by atoms with Crippen LogP contribution in [0, 0.1) is 5.92 Å². The van der Waals surface area contributed by atoms with Crippen LogP contribution in [0.3, 0.4) is 0 Å². The van der Waals surface area contributed by atoms with Gasteiger partial charge >= 0.3 is 0 Å². The van der Waals surface area contributed by atoms with E-state index in [1.165, 1.54) is 6.33 Å². The van der Waals surface area contributed by atoms with Crippen molar-refractivity contribution in [3.63, 3.8) is 0 Å². The predicted molar refractivity (Wildman–Crippen MR) is 82.7 cm³/mol. The van der Waals surface area contributed by atoms with Crippen LogP contribution < -0.4 is 21.9 Å². The topological polar surface area (TPSA) is 110 Å². The normalized spacial score (nSPS) is 22.4. The molecule has 0 radical (unpaired) electrons. The molecule has 0 bridgehead atoms. The van der Waals surface area contributed by atoms with Crippen LogP contribution in [0.2, 0.25) is 0 Å². The molecule has 116 valence electrons. The van der Waals surface area contributed by atoms with Gasteiger partial charge in [0.2, 0.25) is 5.91 Å². The average Bonchev–Trinajstić information content (AvgIpc) is 2.46. The van der Waals surface area contributed by atoms with Gasteiger partial charge in [0.05, 0.1) is 5.92 Å². The van der Waals surface area contributed by atoms with Gasteiger partial charge in [-0.2, -0.15) is 0 Å². The highest BCUT2D eigenvalue weighted by Gasteiger charge is 2.31. The zero-order valence-electron chi connectivity index (χ0n) is 12.8. The molecule has 5 N–H and O–H groups in total. The number of rotatable bonds is 4. The van der Waals surface area contributed by atoms with Gasteiger partial charge in [-0.25, -0.2) is 15.8 Å². The van der Waals surface area contributed by atoms with Crippen molar-refractivity contribution in [1.82, 2.24) is 9.97 Å². The first kappa shape index (κ1) is 15.5. The molecular weight excluding hydrogens is 268 g/mol. The molecule has 1 aromatic heterocycles. The standard InChI is InChI=1S/C14H24N6O/c1-8(2)11-13(19-16)17-7-18-14(11)20-6-10(12(15)21)5-4-9(20)3/h7-10H,4-6,16H2,1-3H3,(H2,15,21)(H,17,18,19). The van der Waals surface area contributed by atoms with Crippen LogP contribution in [0.25, 0.3) is 0 Å². The van der Waals surface area contributed by atoms with E-state index in [9.17, 15) is 4.79 Å². The summed E-state index contributed by atoms with van der Waals surface area (Å²) in [4.78, 5) is 22.3. The van der Waals surface area contributed by atoms with Crippen molar-refractivity contribution < 1.29 is 4.79 Å². The summed E-state index contributed by atoms with van der Waals surface area (Å²) >= 11 is 0. The fourth-order valence-electron chi connectivity index (χ4n) is 2.90. The molecule has 0 spiro atoms. The van der Waals surface area contributed by atoms with Gasteiger partial charge in [-0.05, 0) is 25.7 Å². The minimum atomic E-state index is -0.246. The zero-order chi connectivity index (χ0) is 15.6. The summed E-state index contributed by atoms with van der Waals surface area (Å²) in [5, 5.41) is 0. The number of anilines is 2. The first-order valence-corrected chi connectivity index (χ1v) is 7.33. The third-order valence-electron chi connectivity index (χ3n) is 4.13. The number of hydrazine groups is 1. The Morgan fingerprint density at radius 2 is 2.14 bits per heavy atom. The Labute approximate surface area is 125 Å². The first-order chi connectivity index (χ1) is 9.95. The van der Waals surface area contributed by atoms with E-state index in [0.717, 1.165) is 24.2 Å². The van der Waals surface area contributed by atoms with Gasteiger partial charge in [0.15, 0.2) is 0 Å². The largest absolute Gasteiger partial charge is 0.369 e. The SMILES string of the molecule is CC(C)c1c(NN)ncnc1N1CC(C(N)=O)CCC1C. The molecule has 2 unspecified atom stereocenters. The molecule has 0 saturated carbocycles. The number of hydrogen-bond acceptors (Lipinski definition) is 6. The van der Waals surface area contributed by atoms with Crippen LogP contribution in [-0.2, 0) is 4.79 Å². The summed E-state index contributed by atoms with van der Waals surface area (Å²) in [7, 11) is 0. The molecule has 1 aliphatic rings. The molecule has 1 saturated heterocycles. The molecule has 7 heteroatoms. The van der Waals surface area contributed by atoms with Crippen LogP contribution in [0.5, 0.6) is 0 Å². The molecular formula is C14H24N6O. The summed E-state index contributed by atoms with van der Waals surface area (Å²) in [6.07, 6.45) is 3.24. The highest BCUT2D eigenvalue weighted by atomic mass is 16.1. The van der Waals surface area contributed by atoms with E-state index < -0.39 is 0 Å². The molecule has 0 aromatic carbocycles. The van der Waals surface area contributed by atoms with E-state index in [0.29, 0.717) is 18.4 Å². The highest BCUT2D eigenvalue weighted by molar-refractivity contribution is 5.78.